The highest BCUT2D eigenvalue weighted by atomic mass is 16.5. The van der Waals surface area contributed by atoms with Crippen molar-refractivity contribution < 1.29 is 23.8 Å². The summed E-state index contributed by atoms with van der Waals surface area (Å²) >= 11 is 0. The molecule has 1 atom stereocenters. The number of hydrogen-bond donors (Lipinski definition) is 2. The summed E-state index contributed by atoms with van der Waals surface area (Å²) in [5, 5.41) is 9.06. The summed E-state index contributed by atoms with van der Waals surface area (Å²) in [6, 6.07) is 11.4. The third kappa shape index (κ3) is 4.50. The molecule has 162 valence electrons. The number of carboxylic acids is 1. The Kier molecular flexibility index (Phi) is 5.84. The van der Waals surface area contributed by atoms with Crippen molar-refractivity contribution in [3.05, 3.63) is 59.0 Å². The molecule has 0 spiro atoms. The standard InChI is InChI=1S/C24H26N2O5/c1-14-21(26-24(31-14)17-5-8-22(29-2)20(25)12-17)9-10-30-18-6-7-19-15(11-18)3-4-16(19)13-23(27)28/h5-8,11-12,16H,3-4,9-10,13,25H2,1-2H3,(H,27,28)/t16-/m0/s1. The van der Waals surface area contributed by atoms with E-state index in [1.54, 1.807) is 19.2 Å². The number of benzene rings is 2. The molecule has 31 heavy (non-hydrogen) atoms. The molecular weight excluding hydrogens is 396 g/mol. The van der Waals surface area contributed by atoms with E-state index in [0.717, 1.165) is 41.2 Å². The van der Waals surface area contributed by atoms with Crippen molar-refractivity contribution in [2.45, 2.75) is 38.5 Å². The monoisotopic (exact) mass is 422 g/mol. The summed E-state index contributed by atoms with van der Waals surface area (Å²) in [4.78, 5) is 15.6. The molecule has 0 bridgehead atoms. The maximum Gasteiger partial charge on any atom is 0.303 e. The van der Waals surface area contributed by atoms with E-state index < -0.39 is 5.97 Å². The predicted octanol–water partition coefficient (Wildman–Crippen LogP) is 4.37. The van der Waals surface area contributed by atoms with Crippen LogP contribution in [0.2, 0.25) is 0 Å². The van der Waals surface area contributed by atoms with Gasteiger partial charge in [0.2, 0.25) is 5.89 Å². The summed E-state index contributed by atoms with van der Waals surface area (Å²) < 4.78 is 17.0. The number of rotatable bonds is 8. The van der Waals surface area contributed by atoms with Gasteiger partial charge in [-0.25, -0.2) is 4.98 Å². The lowest BCUT2D eigenvalue weighted by atomic mass is 9.98. The van der Waals surface area contributed by atoms with Crippen molar-refractivity contribution in [2.24, 2.45) is 0 Å². The summed E-state index contributed by atoms with van der Waals surface area (Å²) in [6.45, 7) is 2.35. The van der Waals surface area contributed by atoms with E-state index >= 15 is 0 Å². The zero-order valence-corrected chi connectivity index (χ0v) is 17.7. The normalized spacial score (nSPS) is 15.0. The topological polar surface area (TPSA) is 108 Å². The van der Waals surface area contributed by atoms with E-state index in [-0.39, 0.29) is 12.3 Å². The van der Waals surface area contributed by atoms with Crippen LogP contribution in [0.25, 0.3) is 11.5 Å². The minimum Gasteiger partial charge on any atom is -0.495 e. The van der Waals surface area contributed by atoms with Gasteiger partial charge < -0.3 is 24.7 Å². The van der Waals surface area contributed by atoms with E-state index in [1.165, 1.54) is 5.56 Å². The minimum absolute atomic E-state index is 0.102. The highest BCUT2D eigenvalue weighted by Crippen LogP contribution is 2.37. The molecular formula is C24H26N2O5. The summed E-state index contributed by atoms with van der Waals surface area (Å²) in [6.07, 6.45) is 2.56. The average molecular weight is 422 g/mol. The van der Waals surface area contributed by atoms with E-state index in [4.69, 9.17) is 24.7 Å². The van der Waals surface area contributed by atoms with Crippen LogP contribution in [0.1, 0.15) is 41.3 Å². The van der Waals surface area contributed by atoms with Crippen molar-refractivity contribution in [1.29, 1.82) is 0 Å². The van der Waals surface area contributed by atoms with Crippen LogP contribution in [-0.4, -0.2) is 29.8 Å². The van der Waals surface area contributed by atoms with Crippen molar-refractivity contribution in [3.63, 3.8) is 0 Å². The molecule has 1 aliphatic rings. The fraction of sp³-hybridized carbons (Fsp3) is 0.333. The summed E-state index contributed by atoms with van der Waals surface area (Å²) in [7, 11) is 1.58. The Balaban J connectivity index is 1.38. The maximum absolute atomic E-state index is 11.0. The van der Waals surface area contributed by atoms with Gasteiger partial charge in [0.25, 0.3) is 0 Å². The van der Waals surface area contributed by atoms with Gasteiger partial charge in [-0.3, -0.25) is 4.79 Å². The van der Waals surface area contributed by atoms with Crippen LogP contribution in [0.15, 0.2) is 40.8 Å². The Morgan fingerprint density at radius 1 is 1.29 bits per heavy atom. The number of fused-ring (bicyclic) bond motifs is 1. The summed E-state index contributed by atoms with van der Waals surface area (Å²) in [5.74, 6) is 2.02. The summed E-state index contributed by atoms with van der Waals surface area (Å²) in [5.41, 5.74) is 10.5. The molecule has 7 heteroatoms. The van der Waals surface area contributed by atoms with Gasteiger partial charge in [-0.15, -0.1) is 0 Å². The third-order valence-corrected chi connectivity index (χ3v) is 5.71. The zero-order valence-electron chi connectivity index (χ0n) is 17.7. The number of nitrogen functional groups attached to an aromatic ring is 1. The highest BCUT2D eigenvalue weighted by molar-refractivity contribution is 5.68. The average Bonchev–Trinajstić information content (AvgIpc) is 3.31. The number of ether oxygens (including phenoxy) is 2. The van der Waals surface area contributed by atoms with Crippen LogP contribution in [0.3, 0.4) is 0 Å². The van der Waals surface area contributed by atoms with Gasteiger partial charge in [0.05, 0.1) is 31.5 Å². The Morgan fingerprint density at radius 2 is 2.13 bits per heavy atom. The number of nitrogens with zero attached hydrogens (tertiary/aromatic N) is 1. The van der Waals surface area contributed by atoms with Crippen LogP contribution in [0.4, 0.5) is 5.69 Å². The number of aryl methyl sites for hydroxylation is 2. The molecule has 0 saturated heterocycles. The minimum atomic E-state index is -0.752. The van der Waals surface area contributed by atoms with Gasteiger partial charge in [-0.05, 0) is 67.1 Å². The second kappa shape index (κ2) is 8.71. The number of carboxylic acid groups (broad SMARTS) is 1. The fourth-order valence-electron chi connectivity index (χ4n) is 4.11. The van der Waals surface area contributed by atoms with E-state index in [0.29, 0.717) is 30.4 Å². The first-order chi connectivity index (χ1) is 14.9. The van der Waals surface area contributed by atoms with E-state index in [2.05, 4.69) is 4.98 Å². The number of hydrogen-bond acceptors (Lipinski definition) is 6. The van der Waals surface area contributed by atoms with E-state index in [9.17, 15) is 4.79 Å². The molecule has 0 saturated carbocycles. The number of oxazole rings is 1. The second-order valence-corrected chi connectivity index (χ2v) is 7.77. The molecule has 4 rings (SSSR count). The second-order valence-electron chi connectivity index (χ2n) is 7.77. The quantitative estimate of drug-likeness (QED) is 0.519. The maximum atomic E-state index is 11.0. The molecule has 0 aliphatic heterocycles. The lowest BCUT2D eigenvalue weighted by Crippen LogP contribution is -2.04. The van der Waals surface area contributed by atoms with Crippen molar-refractivity contribution in [3.8, 4) is 23.0 Å². The molecule has 1 aliphatic carbocycles. The van der Waals surface area contributed by atoms with Crippen LogP contribution >= 0.6 is 0 Å². The van der Waals surface area contributed by atoms with Gasteiger partial charge in [-0.2, -0.15) is 0 Å². The molecule has 0 fully saturated rings. The number of anilines is 1. The van der Waals surface area contributed by atoms with Crippen LogP contribution in [0, 0.1) is 6.92 Å². The Morgan fingerprint density at radius 3 is 2.87 bits per heavy atom. The van der Waals surface area contributed by atoms with Gasteiger partial charge in [0.1, 0.15) is 17.3 Å². The van der Waals surface area contributed by atoms with Crippen LogP contribution in [0.5, 0.6) is 11.5 Å². The van der Waals surface area contributed by atoms with E-state index in [1.807, 2.05) is 31.2 Å². The fourth-order valence-corrected chi connectivity index (χ4v) is 4.11. The van der Waals surface area contributed by atoms with Gasteiger partial charge in [-0.1, -0.05) is 6.07 Å². The Hall–Kier alpha value is -3.48. The number of aliphatic carboxylic acids is 1. The smallest absolute Gasteiger partial charge is 0.303 e. The number of aromatic nitrogens is 1. The third-order valence-electron chi connectivity index (χ3n) is 5.71. The molecule has 0 radical (unpaired) electrons. The predicted molar refractivity (Wildman–Crippen MR) is 117 cm³/mol. The highest BCUT2D eigenvalue weighted by Gasteiger charge is 2.25. The Bertz CT molecular complexity index is 1110. The molecule has 0 unspecified atom stereocenters. The van der Waals surface area contributed by atoms with Crippen molar-refractivity contribution in [2.75, 3.05) is 19.5 Å². The van der Waals surface area contributed by atoms with Gasteiger partial charge in [0, 0.05) is 12.0 Å². The number of methoxy groups -OCH3 is 1. The molecule has 3 aromatic rings. The Labute approximate surface area is 180 Å². The van der Waals surface area contributed by atoms with Crippen molar-refractivity contribution >= 4 is 11.7 Å². The zero-order chi connectivity index (χ0) is 22.0. The molecule has 1 heterocycles. The molecule has 2 aromatic carbocycles. The van der Waals surface area contributed by atoms with Gasteiger partial charge >= 0.3 is 5.97 Å². The lowest BCUT2D eigenvalue weighted by Gasteiger charge is -2.10. The van der Waals surface area contributed by atoms with Crippen LogP contribution in [-0.2, 0) is 17.6 Å². The lowest BCUT2D eigenvalue weighted by molar-refractivity contribution is -0.137. The first-order valence-corrected chi connectivity index (χ1v) is 10.3. The molecule has 7 nitrogen and oxygen atoms in total. The molecule has 3 N–H and O–H groups in total. The first-order valence-electron chi connectivity index (χ1n) is 10.3. The first kappa shape index (κ1) is 20.8. The largest absolute Gasteiger partial charge is 0.495 e. The number of carbonyl (C=O) groups is 1. The molecule has 1 aromatic heterocycles. The molecule has 0 amide bonds. The SMILES string of the molecule is COc1ccc(-c2nc(CCOc3ccc4c(c3)CC[C@H]4CC(=O)O)c(C)o2)cc1N. The van der Waals surface area contributed by atoms with Crippen LogP contribution < -0.4 is 15.2 Å². The van der Waals surface area contributed by atoms with Crippen molar-refractivity contribution in [1.82, 2.24) is 4.98 Å². The van der Waals surface area contributed by atoms with Gasteiger partial charge in [0.15, 0.2) is 0 Å². The number of nitrogens with two attached hydrogens (primary N) is 1.